The van der Waals surface area contributed by atoms with Crippen LogP contribution < -0.4 is 0 Å². The maximum absolute atomic E-state index is 13.0. The van der Waals surface area contributed by atoms with Crippen molar-refractivity contribution >= 4 is 17.9 Å². The van der Waals surface area contributed by atoms with Gasteiger partial charge in [0.2, 0.25) is 0 Å². The van der Waals surface area contributed by atoms with Crippen LogP contribution in [0.1, 0.15) is 44.9 Å². The average Bonchev–Trinajstić information content (AvgIpc) is 2.89. The number of hydrogen-bond donors (Lipinski definition) is 0. The monoisotopic (exact) mass is 474 g/mol. The molecule has 1 heterocycles. The molecule has 1 fully saturated rings. The highest BCUT2D eigenvalue weighted by molar-refractivity contribution is 5.91. The highest BCUT2D eigenvalue weighted by atomic mass is 16.6. The molecule has 1 saturated heterocycles. The Morgan fingerprint density at radius 3 is 1.51 bits per heavy atom. The first-order chi connectivity index (χ1) is 16.8. The van der Waals surface area contributed by atoms with Crippen molar-refractivity contribution in [2.24, 2.45) is 0 Å². The summed E-state index contributed by atoms with van der Waals surface area (Å²) in [5.74, 6) is -1.84. The molecule has 3 aromatic rings. The Hall–Kier alpha value is -3.97. The molecule has 0 spiro atoms. The SMILES string of the molecule is CC1(C)OC[C@H](OC(=O)c2ccccc2)[C@H](OC(=O)c2ccccc2)[C@H]1OC(=O)c1ccccc1. The summed E-state index contributed by atoms with van der Waals surface area (Å²) >= 11 is 0. The fourth-order valence-electron chi connectivity index (χ4n) is 3.82. The smallest absolute Gasteiger partial charge is 0.338 e. The Morgan fingerprint density at radius 2 is 1.06 bits per heavy atom. The molecule has 0 unspecified atom stereocenters. The lowest BCUT2D eigenvalue weighted by Gasteiger charge is -2.45. The maximum atomic E-state index is 13.0. The largest absolute Gasteiger partial charge is 0.452 e. The summed E-state index contributed by atoms with van der Waals surface area (Å²) in [6, 6.07) is 25.4. The van der Waals surface area contributed by atoms with Gasteiger partial charge in [0.1, 0.15) is 5.60 Å². The van der Waals surface area contributed by atoms with E-state index in [1.165, 1.54) is 0 Å². The van der Waals surface area contributed by atoms with E-state index in [-0.39, 0.29) is 6.61 Å². The first-order valence-corrected chi connectivity index (χ1v) is 11.3. The lowest BCUT2D eigenvalue weighted by Crippen LogP contribution is -2.61. The van der Waals surface area contributed by atoms with Gasteiger partial charge in [-0.05, 0) is 50.2 Å². The van der Waals surface area contributed by atoms with Crippen LogP contribution in [0.5, 0.6) is 0 Å². The van der Waals surface area contributed by atoms with Gasteiger partial charge >= 0.3 is 17.9 Å². The molecule has 0 amide bonds. The van der Waals surface area contributed by atoms with Gasteiger partial charge in [-0.1, -0.05) is 54.6 Å². The van der Waals surface area contributed by atoms with Gasteiger partial charge in [-0.25, -0.2) is 14.4 Å². The van der Waals surface area contributed by atoms with Crippen molar-refractivity contribution in [1.82, 2.24) is 0 Å². The minimum Gasteiger partial charge on any atom is -0.452 e. The predicted octanol–water partition coefficient (Wildman–Crippen LogP) is 4.47. The third-order valence-electron chi connectivity index (χ3n) is 5.73. The van der Waals surface area contributed by atoms with Crippen molar-refractivity contribution in [2.75, 3.05) is 6.61 Å². The fraction of sp³-hybridized carbons (Fsp3) is 0.250. The van der Waals surface area contributed by atoms with Crippen molar-refractivity contribution in [3.63, 3.8) is 0 Å². The third-order valence-corrected chi connectivity index (χ3v) is 5.73. The van der Waals surface area contributed by atoms with Crippen molar-refractivity contribution in [1.29, 1.82) is 0 Å². The second-order valence-electron chi connectivity index (χ2n) is 8.65. The third kappa shape index (κ3) is 5.75. The van der Waals surface area contributed by atoms with Crippen LogP contribution in [0.15, 0.2) is 91.0 Å². The van der Waals surface area contributed by atoms with E-state index in [9.17, 15) is 14.4 Å². The van der Waals surface area contributed by atoms with Gasteiger partial charge in [0.25, 0.3) is 0 Å². The summed E-state index contributed by atoms with van der Waals surface area (Å²) in [6.45, 7) is 3.42. The van der Waals surface area contributed by atoms with Gasteiger partial charge in [-0.15, -0.1) is 0 Å². The highest BCUT2D eigenvalue weighted by Crippen LogP contribution is 2.33. The first kappa shape index (κ1) is 24.2. The van der Waals surface area contributed by atoms with E-state index in [1.807, 2.05) is 0 Å². The number of esters is 3. The number of benzene rings is 3. The van der Waals surface area contributed by atoms with Crippen LogP contribution in [0.25, 0.3) is 0 Å². The average molecular weight is 475 g/mol. The molecular weight excluding hydrogens is 448 g/mol. The molecule has 0 bridgehead atoms. The van der Waals surface area contributed by atoms with Crippen LogP contribution in [0.2, 0.25) is 0 Å². The van der Waals surface area contributed by atoms with Gasteiger partial charge in [0, 0.05) is 0 Å². The molecule has 0 aromatic heterocycles. The molecule has 1 aliphatic rings. The highest BCUT2D eigenvalue weighted by Gasteiger charge is 2.52. The molecule has 0 aliphatic carbocycles. The number of carbonyl (C=O) groups is 3. The van der Waals surface area contributed by atoms with Crippen molar-refractivity contribution in [3.8, 4) is 0 Å². The van der Waals surface area contributed by atoms with Crippen LogP contribution in [0.4, 0.5) is 0 Å². The number of carbonyl (C=O) groups excluding carboxylic acids is 3. The zero-order valence-electron chi connectivity index (χ0n) is 19.5. The molecule has 4 rings (SSSR count). The van der Waals surface area contributed by atoms with Gasteiger partial charge in [0.15, 0.2) is 18.3 Å². The molecular formula is C28H26O7. The van der Waals surface area contributed by atoms with Crippen LogP contribution in [0.3, 0.4) is 0 Å². The summed E-state index contributed by atoms with van der Waals surface area (Å²) in [7, 11) is 0. The van der Waals surface area contributed by atoms with Crippen LogP contribution in [0, 0.1) is 0 Å². The standard InChI is InChI=1S/C28H26O7/c1-28(2)24(35-27(31)21-16-10-5-11-17-21)23(34-26(30)20-14-8-4-9-15-20)22(18-32-28)33-25(29)19-12-6-3-7-13-19/h3-17,22-24H,18H2,1-2H3/t22-,23-,24+/m0/s1. The number of rotatable bonds is 6. The summed E-state index contributed by atoms with van der Waals surface area (Å²) in [5.41, 5.74) is -0.0388. The molecule has 0 radical (unpaired) electrons. The summed E-state index contributed by atoms with van der Waals surface area (Å²) in [6.07, 6.45) is -3.16. The predicted molar refractivity (Wildman–Crippen MR) is 127 cm³/mol. The molecule has 3 atom stereocenters. The quantitative estimate of drug-likeness (QED) is 0.385. The zero-order valence-corrected chi connectivity index (χ0v) is 19.5. The van der Waals surface area contributed by atoms with E-state index < -0.39 is 41.8 Å². The van der Waals surface area contributed by atoms with Gasteiger partial charge in [0.05, 0.1) is 23.3 Å². The van der Waals surface area contributed by atoms with E-state index in [0.717, 1.165) is 0 Å². The Bertz CT molecular complexity index is 1160. The molecule has 7 heteroatoms. The van der Waals surface area contributed by atoms with E-state index in [4.69, 9.17) is 18.9 Å². The van der Waals surface area contributed by atoms with E-state index in [1.54, 1.807) is 105 Å². The summed E-state index contributed by atoms with van der Waals surface area (Å²) < 4.78 is 23.3. The van der Waals surface area contributed by atoms with Gasteiger partial charge in [-0.2, -0.15) is 0 Å². The second kappa shape index (κ2) is 10.5. The fourth-order valence-corrected chi connectivity index (χ4v) is 3.82. The molecule has 3 aromatic carbocycles. The molecule has 0 saturated carbocycles. The Kier molecular flexibility index (Phi) is 7.27. The summed E-state index contributed by atoms with van der Waals surface area (Å²) in [4.78, 5) is 38.7. The van der Waals surface area contributed by atoms with Crippen molar-refractivity contribution in [2.45, 2.75) is 37.8 Å². The number of ether oxygens (including phenoxy) is 4. The molecule has 1 aliphatic heterocycles. The van der Waals surface area contributed by atoms with Crippen LogP contribution in [-0.2, 0) is 18.9 Å². The lowest BCUT2D eigenvalue weighted by atomic mass is 9.89. The Balaban J connectivity index is 1.63. The minimum atomic E-state index is -1.10. The molecule has 0 N–H and O–H groups in total. The van der Waals surface area contributed by atoms with Gasteiger partial charge < -0.3 is 18.9 Å². The first-order valence-electron chi connectivity index (χ1n) is 11.3. The summed E-state index contributed by atoms with van der Waals surface area (Å²) in [5, 5.41) is 0. The Labute approximate surface area is 203 Å². The van der Waals surface area contributed by atoms with Gasteiger partial charge in [-0.3, -0.25) is 0 Å². The second-order valence-corrected chi connectivity index (χ2v) is 8.65. The van der Waals surface area contributed by atoms with Crippen molar-refractivity contribution in [3.05, 3.63) is 108 Å². The van der Waals surface area contributed by atoms with E-state index in [2.05, 4.69) is 0 Å². The van der Waals surface area contributed by atoms with Crippen LogP contribution in [-0.4, -0.2) is 48.4 Å². The van der Waals surface area contributed by atoms with E-state index in [0.29, 0.717) is 16.7 Å². The van der Waals surface area contributed by atoms with Crippen LogP contribution >= 0.6 is 0 Å². The molecule has 180 valence electrons. The molecule has 7 nitrogen and oxygen atoms in total. The topological polar surface area (TPSA) is 88.1 Å². The molecule has 35 heavy (non-hydrogen) atoms. The Morgan fingerprint density at radius 1 is 0.657 bits per heavy atom. The maximum Gasteiger partial charge on any atom is 0.338 e. The lowest BCUT2D eigenvalue weighted by molar-refractivity contribution is -0.222. The minimum absolute atomic E-state index is 0.0440. The van der Waals surface area contributed by atoms with Crippen molar-refractivity contribution < 1.29 is 33.3 Å². The van der Waals surface area contributed by atoms with E-state index >= 15 is 0 Å². The zero-order chi connectivity index (χ0) is 24.8. The normalized spacial score (nSPS) is 20.9. The number of hydrogen-bond acceptors (Lipinski definition) is 7.